The first-order chi connectivity index (χ1) is 9.15. The summed E-state index contributed by atoms with van der Waals surface area (Å²) < 4.78 is 3.67. The molecule has 0 aliphatic heterocycles. The van der Waals surface area contributed by atoms with Crippen LogP contribution in [0.2, 0.25) is 0 Å². The minimum atomic E-state index is -0.923. The third kappa shape index (κ3) is 1.97. The predicted octanol–water partition coefficient (Wildman–Crippen LogP) is 1.52. The molecule has 6 heteroatoms. The second-order valence-electron chi connectivity index (χ2n) is 4.32. The summed E-state index contributed by atoms with van der Waals surface area (Å²) in [6.45, 7) is 0.559. The molecule has 6 nitrogen and oxygen atoms in total. The molecule has 0 aliphatic rings. The third-order valence-electron chi connectivity index (χ3n) is 3.14. The Labute approximate surface area is 108 Å². The first-order valence-corrected chi connectivity index (χ1v) is 5.80. The number of nitrogens with zero attached hydrogens (tertiary/aromatic N) is 4. The number of rotatable bonds is 3. The summed E-state index contributed by atoms with van der Waals surface area (Å²) in [7, 11) is 1.83. The van der Waals surface area contributed by atoms with Gasteiger partial charge >= 0.3 is 5.97 Å². The zero-order valence-corrected chi connectivity index (χ0v) is 10.3. The fraction of sp³-hybridized carbons (Fsp3) is 0.154. The highest BCUT2D eigenvalue weighted by Crippen LogP contribution is 2.18. The number of fused-ring (bicyclic) bond motifs is 1. The summed E-state index contributed by atoms with van der Waals surface area (Å²) >= 11 is 0. The molecule has 3 aromatic rings. The van der Waals surface area contributed by atoms with Crippen molar-refractivity contribution in [3.8, 4) is 0 Å². The smallest absolute Gasteiger partial charge is 0.335 e. The van der Waals surface area contributed by atoms with Gasteiger partial charge in [-0.15, -0.1) is 0 Å². The van der Waals surface area contributed by atoms with E-state index in [0.29, 0.717) is 6.54 Å². The van der Waals surface area contributed by atoms with Crippen molar-refractivity contribution in [2.24, 2.45) is 7.05 Å². The van der Waals surface area contributed by atoms with Gasteiger partial charge in [0, 0.05) is 18.8 Å². The second-order valence-corrected chi connectivity index (χ2v) is 4.32. The Morgan fingerprint density at radius 1 is 1.37 bits per heavy atom. The average Bonchev–Trinajstić information content (AvgIpc) is 2.97. The van der Waals surface area contributed by atoms with Crippen LogP contribution < -0.4 is 0 Å². The monoisotopic (exact) mass is 256 g/mol. The topological polar surface area (TPSA) is 72.9 Å². The highest BCUT2D eigenvalue weighted by molar-refractivity contribution is 5.93. The van der Waals surface area contributed by atoms with Crippen LogP contribution in [0.4, 0.5) is 0 Å². The van der Waals surface area contributed by atoms with Crippen molar-refractivity contribution in [1.82, 2.24) is 19.3 Å². The number of carbonyl (C=O) groups is 1. The van der Waals surface area contributed by atoms with Gasteiger partial charge in [-0.25, -0.2) is 9.78 Å². The molecule has 0 aliphatic carbocycles. The normalized spacial score (nSPS) is 11.0. The van der Waals surface area contributed by atoms with Crippen LogP contribution in [0.5, 0.6) is 0 Å². The largest absolute Gasteiger partial charge is 0.478 e. The van der Waals surface area contributed by atoms with Gasteiger partial charge in [0.05, 0.1) is 12.1 Å². The lowest BCUT2D eigenvalue weighted by Gasteiger charge is -2.05. The van der Waals surface area contributed by atoms with Gasteiger partial charge in [-0.05, 0) is 23.6 Å². The minimum absolute atomic E-state index is 0.283. The molecule has 0 fully saturated rings. The Kier molecular flexibility index (Phi) is 2.56. The maximum atomic E-state index is 11.0. The molecule has 0 atom stereocenters. The summed E-state index contributed by atoms with van der Waals surface area (Å²) in [5.74, 6) is -0.105. The number of carboxylic acid groups (broad SMARTS) is 1. The molecule has 2 aromatic heterocycles. The number of aryl methyl sites for hydroxylation is 1. The molecule has 1 N–H and O–H groups in total. The van der Waals surface area contributed by atoms with Gasteiger partial charge in [0.15, 0.2) is 0 Å². The molecular formula is C13H12N4O2. The van der Waals surface area contributed by atoms with Crippen molar-refractivity contribution in [3.63, 3.8) is 0 Å². The molecule has 0 radical (unpaired) electrons. The van der Waals surface area contributed by atoms with E-state index in [2.05, 4.69) is 10.1 Å². The van der Waals surface area contributed by atoms with Gasteiger partial charge in [-0.1, -0.05) is 6.07 Å². The van der Waals surface area contributed by atoms with Gasteiger partial charge in [0.25, 0.3) is 0 Å². The van der Waals surface area contributed by atoms with Gasteiger partial charge in [-0.2, -0.15) is 5.10 Å². The maximum Gasteiger partial charge on any atom is 0.335 e. The van der Waals surface area contributed by atoms with E-state index in [1.54, 1.807) is 16.8 Å². The minimum Gasteiger partial charge on any atom is -0.478 e. The fourth-order valence-electron chi connectivity index (χ4n) is 2.07. The number of aromatic nitrogens is 4. The van der Waals surface area contributed by atoms with Crippen molar-refractivity contribution >= 4 is 16.9 Å². The van der Waals surface area contributed by atoms with E-state index in [9.17, 15) is 4.79 Å². The Morgan fingerprint density at radius 2 is 2.21 bits per heavy atom. The third-order valence-corrected chi connectivity index (χ3v) is 3.14. The summed E-state index contributed by atoms with van der Waals surface area (Å²) in [5, 5.41) is 14.1. The van der Waals surface area contributed by atoms with E-state index in [0.717, 1.165) is 16.7 Å². The number of aromatic carboxylic acids is 1. The van der Waals surface area contributed by atoms with Crippen LogP contribution in [0.15, 0.2) is 36.8 Å². The van der Waals surface area contributed by atoms with Crippen molar-refractivity contribution in [1.29, 1.82) is 0 Å². The van der Waals surface area contributed by atoms with E-state index >= 15 is 0 Å². The second kappa shape index (κ2) is 4.24. The number of hydrogen-bond acceptors (Lipinski definition) is 3. The fourth-order valence-corrected chi connectivity index (χ4v) is 2.07. The van der Waals surface area contributed by atoms with Crippen LogP contribution in [-0.2, 0) is 13.6 Å². The van der Waals surface area contributed by atoms with Gasteiger partial charge in [-0.3, -0.25) is 4.68 Å². The van der Waals surface area contributed by atoms with Crippen molar-refractivity contribution in [2.75, 3.05) is 0 Å². The Balaban J connectivity index is 2.06. The van der Waals surface area contributed by atoms with Crippen LogP contribution in [0, 0.1) is 0 Å². The van der Waals surface area contributed by atoms with E-state index < -0.39 is 5.97 Å². The van der Waals surface area contributed by atoms with Crippen LogP contribution in [0.3, 0.4) is 0 Å². The van der Waals surface area contributed by atoms with E-state index in [1.165, 1.54) is 6.33 Å². The molecule has 0 saturated heterocycles. The molecule has 3 rings (SSSR count). The molecule has 0 bridgehead atoms. The highest BCUT2D eigenvalue weighted by atomic mass is 16.4. The standard InChI is InChI=1S/C13H12N4O2/c1-16-12(14-8-15-16)7-17-5-4-9-2-3-10(13(18)19)6-11(9)17/h2-6,8H,7H2,1H3,(H,18,19). The van der Waals surface area contributed by atoms with Gasteiger partial charge < -0.3 is 9.67 Å². The number of benzene rings is 1. The number of carboxylic acids is 1. The predicted molar refractivity (Wildman–Crippen MR) is 69.0 cm³/mol. The van der Waals surface area contributed by atoms with Crippen molar-refractivity contribution < 1.29 is 9.90 Å². The highest BCUT2D eigenvalue weighted by Gasteiger charge is 2.08. The lowest BCUT2D eigenvalue weighted by molar-refractivity contribution is 0.0697. The SMILES string of the molecule is Cn1ncnc1Cn1ccc2ccc(C(=O)O)cc21. The molecular weight excluding hydrogens is 244 g/mol. The molecule has 0 saturated carbocycles. The average molecular weight is 256 g/mol. The Hall–Kier alpha value is -2.63. The van der Waals surface area contributed by atoms with Crippen LogP contribution in [-0.4, -0.2) is 30.4 Å². The van der Waals surface area contributed by atoms with Crippen molar-refractivity contribution in [2.45, 2.75) is 6.54 Å². The van der Waals surface area contributed by atoms with E-state index in [4.69, 9.17) is 5.11 Å². The van der Waals surface area contributed by atoms with Crippen LogP contribution in [0.1, 0.15) is 16.2 Å². The maximum absolute atomic E-state index is 11.0. The first kappa shape index (κ1) is 11.5. The summed E-state index contributed by atoms with van der Waals surface area (Å²) in [5.41, 5.74) is 1.16. The van der Waals surface area contributed by atoms with Crippen molar-refractivity contribution in [3.05, 3.63) is 48.2 Å². The Morgan fingerprint density at radius 3 is 2.89 bits per heavy atom. The Bertz CT molecular complexity index is 757. The molecule has 0 amide bonds. The summed E-state index contributed by atoms with van der Waals surface area (Å²) in [4.78, 5) is 15.2. The quantitative estimate of drug-likeness (QED) is 0.771. The summed E-state index contributed by atoms with van der Waals surface area (Å²) in [6.07, 6.45) is 3.43. The number of hydrogen-bond donors (Lipinski definition) is 1. The summed E-state index contributed by atoms with van der Waals surface area (Å²) in [6, 6.07) is 7.05. The first-order valence-electron chi connectivity index (χ1n) is 5.80. The van der Waals surface area contributed by atoms with Crippen LogP contribution >= 0.6 is 0 Å². The molecule has 1 aromatic carbocycles. The lowest BCUT2D eigenvalue weighted by Crippen LogP contribution is -2.06. The van der Waals surface area contributed by atoms with Gasteiger partial charge in [0.2, 0.25) is 0 Å². The van der Waals surface area contributed by atoms with E-state index in [1.807, 2.05) is 29.9 Å². The molecule has 0 unspecified atom stereocenters. The zero-order valence-electron chi connectivity index (χ0n) is 10.3. The molecule has 96 valence electrons. The lowest BCUT2D eigenvalue weighted by atomic mass is 10.1. The molecule has 2 heterocycles. The zero-order chi connectivity index (χ0) is 13.4. The van der Waals surface area contributed by atoms with Gasteiger partial charge in [0.1, 0.15) is 12.2 Å². The van der Waals surface area contributed by atoms with Crippen LogP contribution in [0.25, 0.3) is 10.9 Å². The van der Waals surface area contributed by atoms with E-state index in [-0.39, 0.29) is 5.56 Å². The molecule has 19 heavy (non-hydrogen) atoms. The molecule has 0 spiro atoms.